The quantitative estimate of drug-likeness (QED) is 0.402. The zero-order valence-electron chi connectivity index (χ0n) is 9.92. The number of hydrogen-bond acceptors (Lipinski definition) is 6. The lowest BCUT2D eigenvalue weighted by Crippen LogP contribution is -2.35. The molecule has 1 aliphatic heterocycles. The number of aliphatic hydroxyl groups is 2. The molecule has 5 nitrogen and oxygen atoms in total. The average molecular weight is 342 g/mol. The Morgan fingerprint density at radius 2 is 1.89 bits per heavy atom. The molecule has 0 fully saturated rings. The van der Waals surface area contributed by atoms with Gasteiger partial charge in [-0.1, -0.05) is 11.8 Å². The number of thioether (sulfide) groups is 1. The van der Waals surface area contributed by atoms with Gasteiger partial charge in [0.25, 0.3) is 0 Å². The summed E-state index contributed by atoms with van der Waals surface area (Å²) in [4.78, 5) is 0. The molecule has 114 valence electrons. The molecule has 1 unspecified atom stereocenters. The monoisotopic (exact) mass is 342 g/mol. The van der Waals surface area contributed by atoms with E-state index in [1.54, 1.807) is 17.8 Å². The molecule has 19 heavy (non-hydrogen) atoms. The third-order valence-corrected chi connectivity index (χ3v) is 6.07. The minimum atomic E-state index is -6.09. The lowest BCUT2D eigenvalue weighted by atomic mass is 10.2. The molecule has 0 saturated carbocycles. The topological polar surface area (TPSA) is 97.7 Å². The summed E-state index contributed by atoms with van der Waals surface area (Å²) in [5.41, 5.74) is -5.65. The van der Waals surface area contributed by atoms with Gasteiger partial charge in [0.2, 0.25) is 0 Å². The molecule has 0 amide bonds. The summed E-state index contributed by atoms with van der Waals surface area (Å²) in [5, 5.41) is 18.5. The van der Waals surface area contributed by atoms with Gasteiger partial charge in [0.05, 0.1) is 0 Å². The summed E-state index contributed by atoms with van der Waals surface area (Å²) in [6.07, 6.45) is 4.65. The molecular weight excluding hydrogens is 329 g/mol. The fourth-order valence-corrected chi connectivity index (χ4v) is 3.88. The second-order valence-corrected chi connectivity index (χ2v) is 7.98. The summed E-state index contributed by atoms with van der Waals surface area (Å²) >= 11 is 1.66. The highest BCUT2D eigenvalue weighted by Crippen LogP contribution is 2.26. The van der Waals surface area contributed by atoms with Crippen LogP contribution in [0.15, 0.2) is 10.3 Å². The highest BCUT2D eigenvalue weighted by molar-refractivity contribution is 8.20. The Morgan fingerprint density at radius 1 is 1.47 bits per heavy atom. The van der Waals surface area contributed by atoms with E-state index in [4.69, 9.17) is 13.0 Å². The Morgan fingerprint density at radius 3 is 2.21 bits per heavy atom. The van der Waals surface area contributed by atoms with E-state index in [1.807, 2.05) is 6.26 Å². The van der Waals surface area contributed by atoms with E-state index < -0.39 is 27.8 Å². The summed E-state index contributed by atoms with van der Waals surface area (Å²) in [6, 6.07) is 0. The fourth-order valence-electron chi connectivity index (χ4n) is 1.01. The van der Waals surface area contributed by atoms with Crippen LogP contribution in [-0.4, -0.2) is 59.2 Å². The van der Waals surface area contributed by atoms with Crippen molar-refractivity contribution in [2.75, 3.05) is 18.3 Å². The third-order valence-electron chi connectivity index (χ3n) is 1.95. The summed E-state index contributed by atoms with van der Waals surface area (Å²) in [6.45, 7) is 0. The van der Waals surface area contributed by atoms with Crippen molar-refractivity contribution >= 4 is 32.8 Å². The van der Waals surface area contributed by atoms with Gasteiger partial charge in [-0.15, -0.1) is 0 Å². The molecule has 1 heterocycles. The van der Waals surface area contributed by atoms with Gasteiger partial charge in [-0.25, -0.2) is 8.42 Å². The zero-order valence-corrected chi connectivity index (χ0v) is 12.4. The van der Waals surface area contributed by atoms with E-state index in [2.05, 4.69) is 6.26 Å². The van der Waals surface area contributed by atoms with Crippen LogP contribution in [0.3, 0.4) is 0 Å². The Balaban J connectivity index is 0.000000362. The summed E-state index contributed by atoms with van der Waals surface area (Å²) in [7, 11) is -5.96. The number of aliphatic hydroxyl groups excluding tert-OH is 2. The van der Waals surface area contributed by atoms with Crippen LogP contribution in [0.1, 0.15) is 0 Å². The normalized spacial score (nSPS) is 28.2. The first-order chi connectivity index (χ1) is 8.40. The molecule has 3 atom stereocenters. The predicted octanol–water partition coefficient (Wildman–Crippen LogP) is 0.226. The van der Waals surface area contributed by atoms with Crippen LogP contribution < -0.4 is 0 Å². The van der Waals surface area contributed by atoms with Crippen LogP contribution in [0.4, 0.5) is 13.2 Å². The van der Waals surface area contributed by atoms with Gasteiger partial charge < -0.3 is 14.8 Å². The lowest BCUT2D eigenvalue weighted by molar-refractivity contribution is -0.0517. The fraction of sp³-hybridized carbons (Fsp3) is 0.750. The van der Waals surface area contributed by atoms with Crippen molar-refractivity contribution in [1.29, 1.82) is 0 Å². The predicted molar refractivity (Wildman–Crippen MR) is 67.5 cm³/mol. The first kappa shape index (κ1) is 19.1. The second-order valence-electron chi connectivity index (χ2n) is 3.45. The smallest absolute Gasteiger partial charge is 0.485 e. The van der Waals surface area contributed by atoms with E-state index >= 15 is 0 Å². The van der Waals surface area contributed by atoms with Crippen molar-refractivity contribution < 1.29 is 36.4 Å². The highest BCUT2D eigenvalue weighted by Gasteiger charge is 2.37. The largest absolute Gasteiger partial charge is 0.741 e. The van der Waals surface area contributed by atoms with E-state index in [9.17, 15) is 23.4 Å². The SMILES string of the molecule is CSC1=C[C@@H](O)[C@@H](O)C[S+]1C.O=S(=O)([O-])C(F)(F)F. The van der Waals surface area contributed by atoms with Crippen molar-refractivity contribution in [3.63, 3.8) is 0 Å². The maximum atomic E-state index is 10.7. The van der Waals surface area contributed by atoms with Crippen molar-refractivity contribution in [3.8, 4) is 0 Å². The number of hydrogen-bond donors (Lipinski definition) is 2. The molecular formula is C8H13F3O5S3. The molecule has 11 heteroatoms. The molecule has 0 bridgehead atoms. The van der Waals surface area contributed by atoms with Crippen LogP contribution in [0, 0.1) is 0 Å². The van der Waals surface area contributed by atoms with Crippen molar-refractivity contribution in [3.05, 3.63) is 10.3 Å². The Bertz CT molecular complexity index is 420. The summed E-state index contributed by atoms with van der Waals surface area (Å²) < 4.78 is 60.1. The van der Waals surface area contributed by atoms with Gasteiger partial charge in [0, 0.05) is 17.0 Å². The standard InChI is InChI=1S/C7H13O2S2.CHF3O3S/c1-10-7-3-5(8)6(9)4-11(7)2;2-1(3,4)8(5,6)7/h3,5-6,8-9H,4H2,1-2H3;(H,5,6,7)/q+1;/p-1/t5-,6+,11?;/m1./s1. The molecule has 0 radical (unpaired) electrons. The molecule has 0 aromatic carbocycles. The Kier molecular flexibility index (Phi) is 7.20. The molecule has 0 saturated heterocycles. The molecule has 0 spiro atoms. The number of halogens is 3. The number of alkyl halides is 3. The van der Waals surface area contributed by atoms with Gasteiger partial charge in [-0.05, 0) is 6.26 Å². The molecule has 0 aliphatic carbocycles. The van der Waals surface area contributed by atoms with Crippen LogP contribution in [0.5, 0.6) is 0 Å². The maximum absolute atomic E-state index is 10.7. The van der Waals surface area contributed by atoms with Crippen molar-refractivity contribution in [2.45, 2.75) is 17.7 Å². The molecule has 1 rings (SSSR count). The van der Waals surface area contributed by atoms with Crippen molar-refractivity contribution in [2.24, 2.45) is 0 Å². The Hall–Kier alpha value is 0.0600. The molecule has 0 aromatic rings. The minimum absolute atomic E-state index is 0.135. The van der Waals surface area contributed by atoms with Gasteiger partial charge >= 0.3 is 5.51 Å². The third kappa shape index (κ3) is 6.36. The maximum Gasteiger partial charge on any atom is 0.485 e. The van der Waals surface area contributed by atoms with Gasteiger partial charge in [0.1, 0.15) is 24.2 Å². The van der Waals surface area contributed by atoms with Gasteiger partial charge in [0.15, 0.2) is 14.4 Å². The van der Waals surface area contributed by atoms with E-state index in [1.165, 1.54) is 4.24 Å². The number of rotatable bonds is 1. The zero-order chi connectivity index (χ0) is 15.4. The van der Waals surface area contributed by atoms with Crippen LogP contribution >= 0.6 is 11.8 Å². The van der Waals surface area contributed by atoms with Crippen molar-refractivity contribution in [1.82, 2.24) is 0 Å². The van der Waals surface area contributed by atoms with Gasteiger partial charge in [-0.3, -0.25) is 0 Å². The van der Waals surface area contributed by atoms with E-state index in [-0.39, 0.29) is 10.9 Å². The average Bonchev–Trinajstić information content (AvgIpc) is 2.21. The van der Waals surface area contributed by atoms with E-state index in [0.29, 0.717) is 5.75 Å². The lowest BCUT2D eigenvalue weighted by Gasteiger charge is -2.19. The van der Waals surface area contributed by atoms with E-state index in [0.717, 1.165) is 0 Å². The first-order valence-corrected chi connectivity index (χ1v) is 9.10. The second kappa shape index (κ2) is 7.18. The molecule has 2 N–H and O–H groups in total. The highest BCUT2D eigenvalue weighted by atomic mass is 32.2. The van der Waals surface area contributed by atoms with Crippen LogP contribution in [0.2, 0.25) is 0 Å². The van der Waals surface area contributed by atoms with Crippen LogP contribution in [-0.2, 0) is 21.0 Å². The molecule has 1 aliphatic rings. The van der Waals surface area contributed by atoms with Gasteiger partial charge in [-0.2, -0.15) is 13.2 Å². The van der Waals surface area contributed by atoms with Crippen LogP contribution in [0.25, 0.3) is 0 Å². The summed E-state index contributed by atoms with van der Waals surface area (Å²) in [5.74, 6) is 0.702. The molecule has 0 aromatic heterocycles. The Labute approximate surface area is 116 Å². The first-order valence-electron chi connectivity index (χ1n) is 4.66. The minimum Gasteiger partial charge on any atom is -0.741 e.